The Balaban J connectivity index is 1.11. The molecular weight excluding hydrogens is 751 g/mol. The van der Waals surface area contributed by atoms with Gasteiger partial charge in [-0.2, -0.15) is 0 Å². The lowest BCUT2D eigenvalue weighted by molar-refractivity contribution is -0.0182. The fraction of sp³-hybridized carbons (Fsp3) is 0.917. The standard InChI is InChI=1S/C60H105NO/c1-12-19-40(6)31-51(56-37-52(50-22-16-15-17-23-50)38-58-55(34-44(10)61-60(56)58)45(11)41(7)30-39(4)5)27-24-47-25-28-54(43(9)32-47)57-36-46(26-29-59(57)62)20-18-21-48-33-42(8)53(14-3)49(13-2)35-48/h34,39-43,45-54,56-57,59,62H,12-33,35-38H2,1-11H3. The smallest absolute Gasteiger partial charge is 0.0571 e. The monoisotopic (exact) mass is 856 g/mol. The van der Waals surface area contributed by atoms with Gasteiger partial charge in [0.15, 0.2) is 0 Å². The molecule has 1 aromatic rings. The van der Waals surface area contributed by atoms with Crippen LogP contribution in [0, 0.1) is 95.7 Å². The lowest BCUT2D eigenvalue weighted by atomic mass is 9.61. The van der Waals surface area contributed by atoms with Crippen LogP contribution in [0.1, 0.15) is 264 Å². The summed E-state index contributed by atoms with van der Waals surface area (Å²) in [6.07, 6.45) is 35.9. The van der Waals surface area contributed by atoms with Gasteiger partial charge in [0.05, 0.1) is 6.10 Å². The van der Waals surface area contributed by atoms with E-state index in [4.69, 9.17) is 4.98 Å². The molecule has 16 atom stereocenters. The van der Waals surface area contributed by atoms with Gasteiger partial charge in [0.25, 0.3) is 0 Å². The largest absolute Gasteiger partial charge is 0.393 e. The van der Waals surface area contributed by atoms with Crippen molar-refractivity contribution >= 4 is 0 Å². The molecule has 0 bridgehead atoms. The third-order valence-electron chi connectivity index (χ3n) is 20.0. The van der Waals surface area contributed by atoms with Crippen molar-refractivity contribution in [1.29, 1.82) is 0 Å². The van der Waals surface area contributed by atoms with Gasteiger partial charge in [0.2, 0.25) is 0 Å². The summed E-state index contributed by atoms with van der Waals surface area (Å²) in [5.74, 6) is 13.5. The van der Waals surface area contributed by atoms with Crippen LogP contribution in [0.25, 0.3) is 0 Å². The number of aromatic nitrogens is 1. The number of fused-ring (bicyclic) bond motifs is 1. The van der Waals surface area contributed by atoms with Gasteiger partial charge >= 0.3 is 0 Å². The lowest BCUT2D eigenvalue weighted by Crippen LogP contribution is -2.39. The van der Waals surface area contributed by atoms with Crippen LogP contribution in [0.4, 0.5) is 0 Å². The Morgan fingerprint density at radius 3 is 2.10 bits per heavy atom. The van der Waals surface area contributed by atoms with Gasteiger partial charge in [-0.15, -0.1) is 0 Å². The highest BCUT2D eigenvalue weighted by Crippen LogP contribution is 2.52. The minimum atomic E-state index is -0.0597. The third-order valence-corrected chi connectivity index (χ3v) is 20.0. The van der Waals surface area contributed by atoms with E-state index in [-0.39, 0.29) is 6.10 Å². The normalized spacial score (nSPS) is 35.6. The molecule has 0 aromatic carbocycles. The highest BCUT2D eigenvalue weighted by Gasteiger charge is 2.42. The van der Waals surface area contributed by atoms with Gasteiger partial charge in [-0.3, -0.25) is 4.98 Å². The van der Waals surface area contributed by atoms with Crippen molar-refractivity contribution in [2.24, 2.45) is 88.8 Å². The second-order valence-corrected chi connectivity index (χ2v) is 25.0. The fourth-order valence-electron chi connectivity index (χ4n) is 16.6. The van der Waals surface area contributed by atoms with E-state index < -0.39 is 0 Å². The van der Waals surface area contributed by atoms with E-state index in [1.807, 2.05) is 0 Å². The maximum atomic E-state index is 11.6. The number of nitrogens with zero attached hydrogens (tertiary/aromatic N) is 1. The van der Waals surface area contributed by atoms with Crippen molar-refractivity contribution in [2.75, 3.05) is 0 Å². The molecule has 0 saturated heterocycles. The summed E-state index contributed by atoms with van der Waals surface area (Å²) < 4.78 is 0. The number of aliphatic hydroxyl groups is 1. The molecule has 0 aliphatic heterocycles. The first kappa shape index (κ1) is 50.5. The van der Waals surface area contributed by atoms with E-state index in [0.717, 1.165) is 83.4 Å². The van der Waals surface area contributed by atoms with E-state index in [1.165, 1.54) is 166 Å². The minimum Gasteiger partial charge on any atom is -0.393 e. The number of hydrogen-bond donors (Lipinski definition) is 1. The molecule has 4 fully saturated rings. The van der Waals surface area contributed by atoms with Gasteiger partial charge in [-0.25, -0.2) is 0 Å². The van der Waals surface area contributed by atoms with Crippen molar-refractivity contribution in [1.82, 2.24) is 4.98 Å². The molecule has 5 aliphatic carbocycles. The second-order valence-electron chi connectivity index (χ2n) is 25.0. The molecule has 2 nitrogen and oxygen atoms in total. The number of aryl methyl sites for hydroxylation is 1. The van der Waals surface area contributed by atoms with Crippen LogP contribution < -0.4 is 0 Å². The second kappa shape index (κ2) is 24.2. The van der Waals surface area contributed by atoms with Crippen molar-refractivity contribution < 1.29 is 5.11 Å². The van der Waals surface area contributed by atoms with Gasteiger partial charge in [0, 0.05) is 17.3 Å². The Hall–Kier alpha value is -0.890. The van der Waals surface area contributed by atoms with Crippen LogP contribution in [-0.4, -0.2) is 16.2 Å². The van der Waals surface area contributed by atoms with Crippen LogP contribution in [0.2, 0.25) is 0 Å². The number of hydrogen-bond acceptors (Lipinski definition) is 2. The molecule has 0 radical (unpaired) electrons. The Bertz CT molecular complexity index is 1440. The molecule has 1 heterocycles. The quantitative estimate of drug-likeness (QED) is 0.142. The molecule has 1 N–H and O–H groups in total. The van der Waals surface area contributed by atoms with Gasteiger partial charge in [-0.05, 0) is 196 Å². The first-order valence-electron chi connectivity index (χ1n) is 28.5. The molecule has 0 spiro atoms. The average Bonchev–Trinajstić information content (AvgIpc) is 3.25. The highest BCUT2D eigenvalue weighted by molar-refractivity contribution is 5.40. The first-order valence-corrected chi connectivity index (χ1v) is 28.5. The summed E-state index contributed by atoms with van der Waals surface area (Å²) in [6.45, 7) is 27.3. The maximum absolute atomic E-state index is 11.6. The molecule has 0 amide bonds. The number of rotatable bonds is 20. The SMILES string of the molecule is CCCC(C)CC(CCC1CCC(C2CC(CCCC3CC(C)C(CC)C(CC)C3)CCC2O)C(C)C1)C1CC(C2CCCCC2)Cc2c(C(C)C(C)CC(C)C)cc(C)nc21. The predicted octanol–water partition coefficient (Wildman–Crippen LogP) is 17.7. The molecule has 5 aliphatic rings. The zero-order valence-electron chi connectivity index (χ0n) is 43.2. The van der Waals surface area contributed by atoms with E-state index >= 15 is 0 Å². The molecule has 6 rings (SSSR count). The Labute approximate surface area is 386 Å². The molecular formula is C60H105NO. The van der Waals surface area contributed by atoms with Crippen molar-refractivity contribution in [3.05, 3.63) is 28.6 Å². The third kappa shape index (κ3) is 13.2. The Morgan fingerprint density at radius 1 is 0.694 bits per heavy atom. The molecule has 356 valence electrons. The lowest BCUT2D eigenvalue weighted by Gasteiger charge is -2.45. The summed E-state index contributed by atoms with van der Waals surface area (Å²) in [6, 6.07) is 2.54. The van der Waals surface area contributed by atoms with Crippen LogP contribution in [0.3, 0.4) is 0 Å². The van der Waals surface area contributed by atoms with E-state index in [9.17, 15) is 5.11 Å². The van der Waals surface area contributed by atoms with E-state index in [1.54, 1.807) is 16.8 Å². The van der Waals surface area contributed by atoms with Gasteiger partial charge < -0.3 is 5.11 Å². The highest BCUT2D eigenvalue weighted by atomic mass is 16.3. The van der Waals surface area contributed by atoms with Crippen molar-refractivity contribution in [3.8, 4) is 0 Å². The zero-order valence-corrected chi connectivity index (χ0v) is 43.2. The van der Waals surface area contributed by atoms with Gasteiger partial charge in [0.1, 0.15) is 0 Å². The van der Waals surface area contributed by atoms with Crippen molar-refractivity contribution in [2.45, 2.75) is 261 Å². The molecule has 4 saturated carbocycles. The number of pyridine rings is 1. The molecule has 16 unspecified atom stereocenters. The first-order chi connectivity index (χ1) is 29.8. The average molecular weight is 857 g/mol. The van der Waals surface area contributed by atoms with Crippen LogP contribution in [0.15, 0.2) is 6.07 Å². The van der Waals surface area contributed by atoms with Crippen LogP contribution >= 0.6 is 0 Å². The summed E-state index contributed by atoms with van der Waals surface area (Å²) in [5.41, 5.74) is 6.24. The summed E-state index contributed by atoms with van der Waals surface area (Å²) in [4.78, 5) is 5.63. The Morgan fingerprint density at radius 2 is 1.40 bits per heavy atom. The predicted molar refractivity (Wildman–Crippen MR) is 269 cm³/mol. The molecule has 62 heavy (non-hydrogen) atoms. The van der Waals surface area contributed by atoms with E-state index in [0.29, 0.717) is 23.7 Å². The maximum Gasteiger partial charge on any atom is 0.0571 e. The van der Waals surface area contributed by atoms with Crippen LogP contribution in [0.5, 0.6) is 0 Å². The zero-order chi connectivity index (χ0) is 44.5. The van der Waals surface area contributed by atoms with Crippen molar-refractivity contribution in [3.63, 3.8) is 0 Å². The van der Waals surface area contributed by atoms with Crippen LogP contribution in [-0.2, 0) is 6.42 Å². The fourth-order valence-corrected chi connectivity index (χ4v) is 16.6. The topological polar surface area (TPSA) is 33.1 Å². The summed E-state index contributed by atoms with van der Waals surface area (Å²) in [7, 11) is 0. The Kier molecular flexibility index (Phi) is 19.7. The summed E-state index contributed by atoms with van der Waals surface area (Å²) >= 11 is 0. The van der Waals surface area contributed by atoms with E-state index in [2.05, 4.69) is 82.2 Å². The summed E-state index contributed by atoms with van der Waals surface area (Å²) in [5, 5.41) is 11.6. The molecule has 2 heteroatoms. The molecule has 1 aromatic heterocycles. The van der Waals surface area contributed by atoms with Gasteiger partial charge in [-0.1, -0.05) is 159 Å². The number of aliphatic hydroxyl groups excluding tert-OH is 1. The minimum absolute atomic E-state index is 0.0597.